The second kappa shape index (κ2) is 7.09. The van der Waals surface area contributed by atoms with Gasteiger partial charge < -0.3 is 14.7 Å². The molecule has 4 nitrogen and oxygen atoms in total. The van der Waals surface area contributed by atoms with Crippen LogP contribution >= 0.6 is 0 Å². The number of carbonyl (C=O) groups is 1. The molecule has 0 saturated carbocycles. The Kier molecular flexibility index (Phi) is 5.17. The molecule has 0 radical (unpaired) electrons. The van der Waals surface area contributed by atoms with Crippen LogP contribution in [0.4, 0.5) is 0 Å². The van der Waals surface area contributed by atoms with Crippen LogP contribution in [0.15, 0.2) is 42.5 Å². The Morgan fingerprint density at radius 2 is 1.90 bits per heavy atom. The molecular formula is C17H21NO3. The molecule has 21 heavy (non-hydrogen) atoms. The van der Waals surface area contributed by atoms with Crippen molar-refractivity contribution in [2.45, 2.75) is 26.0 Å². The maximum Gasteiger partial charge on any atom is 0.210 e. The highest BCUT2D eigenvalue weighted by Gasteiger charge is 2.14. The van der Waals surface area contributed by atoms with Crippen LogP contribution < -0.4 is 4.74 Å². The molecule has 4 heteroatoms. The maximum absolute atomic E-state index is 10.9. The van der Waals surface area contributed by atoms with Crippen molar-refractivity contribution in [2.75, 3.05) is 13.2 Å². The van der Waals surface area contributed by atoms with Gasteiger partial charge in [0.25, 0.3) is 0 Å². The number of amides is 1. The lowest BCUT2D eigenvalue weighted by Crippen LogP contribution is -2.38. The first-order chi connectivity index (χ1) is 10.1. The third kappa shape index (κ3) is 3.95. The predicted molar refractivity (Wildman–Crippen MR) is 83.4 cm³/mol. The zero-order chi connectivity index (χ0) is 15.2. The predicted octanol–water partition coefficient (Wildman–Crippen LogP) is 2.45. The fourth-order valence-corrected chi connectivity index (χ4v) is 2.18. The molecule has 0 heterocycles. The van der Waals surface area contributed by atoms with Crippen LogP contribution in [0.3, 0.4) is 0 Å². The molecule has 0 spiro atoms. The summed E-state index contributed by atoms with van der Waals surface area (Å²) in [7, 11) is 0. The summed E-state index contributed by atoms with van der Waals surface area (Å²) < 4.78 is 5.71. The minimum atomic E-state index is -0.712. The van der Waals surface area contributed by atoms with E-state index in [0.717, 1.165) is 22.9 Å². The molecule has 2 rings (SSSR count). The van der Waals surface area contributed by atoms with Crippen molar-refractivity contribution >= 4 is 17.2 Å². The summed E-state index contributed by atoms with van der Waals surface area (Å²) >= 11 is 0. The van der Waals surface area contributed by atoms with Crippen LogP contribution in [0.1, 0.15) is 13.8 Å². The van der Waals surface area contributed by atoms with Gasteiger partial charge in [-0.1, -0.05) is 36.4 Å². The standard InChI is InChI=1S/C17H21NO3/c1-13(2)18(12-19)10-15(20)11-21-17-9-5-7-14-6-3-4-8-16(14)17/h3-9,12-13,15,20H,10-11H2,1-2H3. The third-order valence-corrected chi connectivity index (χ3v) is 3.40. The summed E-state index contributed by atoms with van der Waals surface area (Å²) in [6, 6.07) is 13.8. The van der Waals surface area contributed by atoms with E-state index in [1.807, 2.05) is 56.3 Å². The molecule has 2 aromatic rings. The van der Waals surface area contributed by atoms with E-state index in [0.29, 0.717) is 0 Å². The van der Waals surface area contributed by atoms with Gasteiger partial charge in [-0.2, -0.15) is 0 Å². The van der Waals surface area contributed by atoms with E-state index in [1.165, 1.54) is 0 Å². The fraction of sp³-hybridized carbons (Fsp3) is 0.353. The molecule has 0 aromatic heterocycles. The van der Waals surface area contributed by atoms with E-state index in [4.69, 9.17) is 4.74 Å². The van der Waals surface area contributed by atoms with E-state index in [-0.39, 0.29) is 19.2 Å². The average Bonchev–Trinajstić information content (AvgIpc) is 2.50. The average molecular weight is 287 g/mol. The summed E-state index contributed by atoms with van der Waals surface area (Å²) in [5.74, 6) is 0.745. The van der Waals surface area contributed by atoms with Crippen molar-refractivity contribution in [3.63, 3.8) is 0 Å². The van der Waals surface area contributed by atoms with Gasteiger partial charge in [0.05, 0.1) is 0 Å². The highest BCUT2D eigenvalue weighted by atomic mass is 16.5. The van der Waals surface area contributed by atoms with Crippen LogP contribution in [0.5, 0.6) is 5.75 Å². The number of rotatable bonds is 7. The molecule has 1 unspecified atom stereocenters. The zero-order valence-electron chi connectivity index (χ0n) is 12.4. The van der Waals surface area contributed by atoms with Crippen LogP contribution in [-0.4, -0.2) is 41.7 Å². The van der Waals surface area contributed by atoms with Crippen molar-refractivity contribution in [1.82, 2.24) is 4.90 Å². The lowest BCUT2D eigenvalue weighted by atomic mass is 10.1. The lowest BCUT2D eigenvalue weighted by molar-refractivity contribution is -0.121. The Bertz CT molecular complexity index is 592. The number of nitrogens with zero attached hydrogens (tertiary/aromatic N) is 1. The van der Waals surface area contributed by atoms with E-state index < -0.39 is 6.10 Å². The first-order valence-electron chi connectivity index (χ1n) is 7.11. The highest BCUT2D eigenvalue weighted by molar-refractivity contribution is 5.88. The summed E-state index contributed by atoms with van der Waals surface area (Å²) in [5, 5.41) is 12.1. The van der Waals surface area contributed by atoms with Crippen LogP contribution in [0, 0.1) is 0 Å². The first kappa shape index (κ1) is 15.3. The van der Waals surface area contributed by atoms with Crippen LogP contribution in [0.25, 0.3) is 10.8 Å². The van der Waals surface area contributed by atoms with Crippen molar-refractivity contribution in [3.05, 3.63) is 42.5 Å². The first-order valence-corrected chi connectivity index (χ1v) is 7.11. The van der Waals surface area contributed by atoms with Crippen LogP contribution in [0.2, 0.25) is 0 Å². The van der Waals surface area contributed by atoms with Crippen molar-refractivity contribution < 1.29 is 14.6 Å². The molecule has 0 fully saturated rings. The van der Waals surface area contributed by atoms with E-state index in [1.54, 1.807) is 4.90 Å². The second-order valence-corrected chi connectivity index (χ2v) is 5.34. The molecule has 1 atom stereocenters. The number of aliphatic hydroxyl groups is 1. The van der Waals surface area contributed by atoms with Gasteiger partial charge in [-0.25, -0.2) is 0 Å². The molecule has 2 aromatic carbocycles. The Morgan fingerprint density at radius 1 is 1.19 bits per heavy atom. The zero-order valence-corrected chi connectivity index (χ0v) is 12.4. The Hall–Kier alpha value is -2.07. The molecule has 1 amide bonds. The van der Waals surface area contributed by atoms with Gasteiger partial charge >= 0.3 is 0 Å². The monoisotopic (exact) mass is 287 g/mol. The van der Waals surface area contributed by atoms with E-state index >= 15 is 0 Å². The van der Waals surface area contributed by atoms with Crippen molar-refractivity contribution in [3.8, 4) is 5.75 Å². The number of hydrogen-bond donors (Lipinski definition) is 1. The minimum Gasteiger partial charge on any atom is -0.490 e. The Morgan fingerprint density at radius 3 is 2.62 bits per heavy atom. The van der Waals surface area contributed by atoms with Gasteiger partial charge in [0, 0.05) is 18.0 Å². The summed E-state index contributed by atoms with van der Waals surface area (Å²) in [6.45, 7) is 4.25. The van der Waals surface area contributed by atoms with Crippen LogP contribution in [-0.2, 0) is 4.79 Å². The topological polar surface area (TPSA) is 49.8 Å². The summed E-state index contributed by atoms with van der Waals surface area (Å²) in [6.07, 6.45) is 0.0442. The fourth-order valence-electron chi connectivity index (χ4n) is 2.18. The largest absolute Gasteiger partial charge is 0.490 e. The van der Waals surface area contributed by atoms with Gasteiger partial charge in [0.15, 0.2) is 0 Å². The molecule has 1 N–H and O–H groups in total. The minimum absolute atomic E-state index is 0.0645. The molecule has 0 aliphatic carbocycles. The molecule has 112 valence electrons. The van der Waals surface area contributed by atoms with Crippen molar-refractivity contribution in [1.29, 1.82) is 0 Å². The number of hydrogen-bond acceptors (Lipinski definition) is 3. The molecular weight excluding hydrogens is 266 g/mol. The molecule has 0 aliphatic heterocycles. The Balaban J connectivity index is 2.00. The third-order valence-electron chi connectivity index (χ3n) is 3.40. The summed E-state index contributed by atoms with van der Waals surface area (Å²) in [4.78, 5) is 12.5. The number of fused-ring (bicyclic) bond motifs is 1. The SMILES string of the molecule is CC(C)N(C=O)CC(O)COc1cccc2ccccc12. The van der Waals surface area contributed by atoms with Gasteiger partial charge in [0.1, 0.15) is 18.5 Å². The summed E-state index contributed by atoms with van der Waals surface area (Å²) in [5.41, 5.74) is 0. The number of aliphatic hydroxyl groups excluding tert-OH is 1. The number of ether oxygens (including phenoxy) is 1. The molecule has 0 bridgehead atoms. The number of benzene rings is 2. The highest BCUT2D eigenvalue weighted by Crippen LogP contribution is 2.25. The number of carbonyl (C=O) groups excluding carboxylic acids is 1. The van der Waals surface area contributed by atoms with E-state index in [9.17, 15) is 9.90 Å². The smallest absolute Gasteiger partial charge is 0.210 e. The van der Waals surface area contributed by atoms with Crippen molar-refractivity contribution in [2.24, 2.45) is 0 Å². The maximum atomic E-state index is 10.9. The quantitative estimate of drug-likeness (QED) is 0.796. The van der Waals surface area contributed by atoms with Gasteiger partial charge in [-0.15, -0.1) is 0 Å². The Labute approximate surface area is 124 Å². The van der Waals surface area contributed by atoms with E-state index in [2.05, 4.69) is 0 Å². The van der Waals surface area contributed by atoms with Gasteiger partial charge in [-0.05, 0) is 25.3 Å². The molecule has 0 aliphatic rings. The lowest BCUT2D eigenvalue weighted by Gasteiger charge is -2.24. The second-order valence-electron chi connectivity index (χ2n) is 5.34. The normalized spacial score (nSPS) is 12.4. The van der Waals surface area contributed by atoms with Gasteiger partial charge in [-0.3, -0.25) is 4.79 Å². The van der Waals surface area contributed by atoms with Gasteiger partial charge in [0.2, 0.25) is 6.41 Å². The molecule has 0 saturated heterocycles.